The third-order valence-corrected chi connectivity index (χ3v) is 7.08. The van der Waals surface area contributed by atoms with Gasteiger partial charge in [-0.3, -0.25) is 14.6 Å². The molecule has 2 aromatic rings. The Morgan fingerprint density at radius 2 is 1.78 bits per heavy atom. The molecule has 0 radical (unpaired) electrons. The van der Waals surface area contributed by atoms with E-state index in [4.69, 9.17) is 9.47 Å². The number of amides is 2. The second kappa shape index (κ2) is 18.1. The van der Waals surface area contributed by atoms with Gasteiger partial charge >= 0.3 is 0 Å². The number of methoxy groups -OCH3 is 2. The fourth-order valence-corrected chi connectivity index (χ4v) is 4.82. The number of likely N-dealkylation sites (N-methyl/N-ethyl adjacent to an activating group) is 2. The van der Waals surface area contributed by atoms with Crippen molar-refractivity contribution in [2.24, 2.45) is 0 Å². The minimum atomic E-state index is -0.541. The van der Waals surface area contributed by atoms with Crippen LogP contribution in [0.1, 0.15) is 37.3 Å². The second-order valence-electron chi connectivity index (χ2n) is 10.1. The number of rotatable bonds is 15. The molecule has 10 heteroatoms. The summed E-state index contributed by atoms with van der Waals surface area (Å²) in [5, 5.41) is 6.21. The minimum absolute atomic E-state index is 0.0705. The summed E-state index contributed by atoms with van der Waals surface area (Å²) >= 11 is 0. The number of hydrogen-bond acceptors (Lipinski definition) is 8. The van der Waals surface area contributed by atoms with Crippen LogP contribution in [0, 0.1) is 0 Å². The average Bonchev–Trinajstić information content (AvgIpc) is 2.98. The van der Waals surface area contributed by atoms with Crippen LogP contribution in [0.5, 0.6) is 11.5 Å². The van der Waals surface area contributed by atoms with E-state index in [0.717, 1.165) is 44.1 Å². The SMILES string of the molecule is CCCC[C@@H](C=O)N1C(=O)CN(C)N(C=O)C1CN(C)CCc1ccc(OC)c(OC)c1.CNCc1ccccc1. The van der Waals surface area contributed by atoms with Crippen LogP contribution in [0.2, 0.25) is 0 Å². The standard InChI is InChI=1S/C23H36N4O5.C8H11N/c1-6-7-8-19(16-28)27-22(26(17-29)25(3)15-23(27)30)14-24(2)12-11-18-9-10-20(31-4)21(13-18)32-5;1-9-7-8-5-3-2-4-6-8/h9-10,13,16-17,19,22H,6-8,11-12,14-15H2,1-5H3;2-6,9H,7H2,1H3/t19-,22?;/m0./s1. The van der Waals surface area contributed by atoms with Gasteiger partial charge in [0.1, 0.15) is 12.5 Å². The lowest BCUT2D eigenvalue weighted by atomic mass is 10.1. The first kappa shape index (κ1) is 33.7. The molecule has 0 saturated carbocycles. The highest BCUT2D eigenvalue weighted by atomic mass is 16.5. The summed E-state index contributed by atoms with van der Waals surface area (Å²) in [4.78, 5) is 40.2. The van der Waals surface area contributed by atoms with Gasteiger partial charge < -0.3 is 29.4 Å². The fraction of sp³-hybridized carbons (Fsp3) is 0.516. The Bertz CT molecular complexity index is 1070. The van der Waals surface area contributed by atoms with Gasteiger partial charge in [-0.1, -0.05) is 56.2 Å². The largest absolute Gasteiger partial charge is 0.493 e. The molecule has 3 rings (SSSR count). The normalized spacial score (nSPS) is 16.2. The molecule has 0 spiro atoms. The fourth-order valence-electron chi connectivity index (χ4n) is 4.82. The third kappa shape index (κ3) is 10.1. The van der Waals surface area contributed by atoms with E-state index >= 15 is 0 Å². The van der Waals surface area contributed by atoms with E-state index in [2.05, 4.69) is 22.3 Å². The zero-order valence-electron chi connectivity index (χ0n) is 25.4. The third-order valence-electron chi connectivity index (χ3n) is 7.08. The van der Waals surface area contributed by atoms with Crippen molar-refractivity contribution in [1.82, 2.24) is 25.1 Å². The quantitative estimate of drug-likeness (QED) is 0.328. The van der Waals surface area contributed by atoms with Crippen molar-refractivity contribution in [3.8, 4) is 11.5 Å². The van der Waals surface area contributed by atoms with Crippen molar-refractivity contribution < 1.29 is 23.9 Å². The topological polar surface area (TPSA) is 94.7 Å². The van der Waals surface area contributed by atoms with Crippen LogP contribution in [-0.4, -0.2) is 106 Å². The molecule has 0 aromatic heterocycles. The van der Waals surface area contributed by atoms with Crippen molar-refractivity contribution in [1.29, 1.82) is 0 Å². The Kier molecular flexibility index (Phi) is 14.9. The van der Waals surface area contributed by atoms with Crippen LogP contribution in [-0.2, 0) is 27.3 Å². The first-order valence-corrected chi connectivity index (χ1v) is 14.1. The molecular weight excluding hydrogens is 522 g/mol. The smallest absolute Gasteiger partial charge is 0.241 e. The molecule has 226 valence electrons. The van der Waals surface area contributed by atoms with Crippen molar-refractivity contribution >= 4 is 18.6 Å². The lowest BCUT2D eigenvalue weighted by Gasteiger charge is -2.49. The van der Waals surface area contributed by atoms with E-state index < -0.39 is 12.2 Å². The lowest BCUT2D eigenvalue weighted by Crippen LogP contribution is -2.68. The molecule has 1 heterocycles. The maximum absolute atomic E-state index is 12.9. The van der Waals surface area contributed by atoms with Crippen LogP contribution in [0.15, 0.2) is 48.5 Å². The summed E-state index contributed by atoms with van der Waals surface area (Å²) < 4.78 is 10.7. The van der Waals surface area contributed by atoms with Gasteiger partial charge in [-0.15, -0.1) is 0 Å². The molecule has 1 fully saturated rings. The monoisotopic (exact) mass is 569 g/mol. The predicted octanol–water partition coefficient (Wildman–Crippen LogP) is 2.82. The van der Waals surface area contributed by atoms with Gasteiger partial charge in [0.05, 0.1) is 26.8 Å². The molecule has 2 amide bonds. The highest BCUT2D eigenvalue weighted by Crippen LogP contribution is 2.28. The van der Waals surface area contributed by atoms with E-state index in [1.165, 1.54) is 10.6 Å². The summed E-state index contributed by atoms with van der Waals surface area (Å²) in [5.41, 5.74) is 2.42. The Labute approximate surface area is 245 Å². The van der Waals surface area contributed by atoms with Gasteiger partial charge in [0, 0.05) is 26.7 Å². The molecule has 10 nitrogen and oxygen atoms in total. The van der Waals surface area contributed by atoms with Crippen LogP contribution in [0.4, 0.5) is 0 Å². The maximum Gasteiger partial charge on any atom is 0.241 e. The van der Waals surface area contributed by atoms with Crippen molar-refractivity contribution in [2.45, 2.75) is 51.4 Å². The molecule has 2 aromatic carbocycles. The van der Waals surface area contributed by atoms with E-state index in [1.807, 2.05) is 57.4 Å². The van der Waals surface area contributed by atoms with Crippen molar-refractivity contribution in [3.63, 3.8) is 0 Å². The van der Waals surface area contributed by atoms with E-state index in [0.29, 0.717) is 31.0 Å². The molecular formula is C31H47N5O5. The van der Waals surface area contributed by atoms with Gasteiger partial charge in [-0.2, -0.15) is 0 Å². The number of nitrogens with one attached hydrogen (secondary N) is 1. The van der Waals surface area contributed by atoms with Crippen molar-refractivity contribution in [2.75, 3.05) is 55.0 Å². The number of carbonyl (C=O) groups excluding carboxylic acids is 3. The van der Waals surface area contributed by atoms with Gasteiger partial charge in [0.25, 0.3) is 0 Å². The molecule has 0 bridgehead atoms. The number of hydrogen-bond donors (Lipinski definition) is 1. The summed E-state index contributed by atoms with van der Waals surface area (Å²) in [7, 11) is 8.82. The number of carbonyl (C=O) groups is 3. The van der Waals surface area contributed by atoms with Crippen LogP contribution in [0.25, 0.3) is 0 Å². The molecule has 41 heavy (non-hydrogen) atoms. The number of ether oxygens (including phenoxy) is 2. The minimum Gasteiger partial charge on any atom is -0.493 e. The highest BCUT2D eigenvalue weighted by Gasteiger charge is 2.40. The maximum atomic E-state index is 12.9. The Morgan fingerprint density at radius 1 is 1.07 bits per heavy atom. The van der Waals surface area contributed by atoms with E-state index in [-0.39, 0.29) is 12.5 Å². The zero-order valence-corrected chi connectivity index (χ0v) is 25.4. The van der Waals surface area contributed by atoms with E-state index in [9.17, 15) is 14.4 Å². The summed E-state index contributed by atoms with van der Waals surface area (Å²) in [6, 6.07) is 15.6. The molecule has 1 unspecified atom stereocenters. The van der Waals surface area contributed by atoms with Crippen LogP contribution in [0.3, 0.4) is 0 Å². The Morgan fingerprint density at radius 3 is 2.37 bits per heavy atom. The Balaban J connectivity index is 0.000000553. The molecule has 0 aliphatic carbocycles. The second-order valence-corrected chi connectivity index (χ2v) is 10.1. The lowest BCUT2D eigenvalue weighted by molar-refractivity contribution is -0.183. The van der Waals surface area contributed by atoms with Gasteiger partial charge in [-0.25, -0.2) is 5.01 Å². The van der Waals surface area contributed by atoms with Crippen molar-refractivity contribution in [3.05, 3.63) is 59.7 Å². The number of unbranched alkanes of at least 4 members (excludes halogenated alkanes) is 1. The number of benzene rings is 2. The summed E-state index contributed by atoms with van der Waals surface area (Å²) in [5.74, 6) is 1.21. The first-order chi connectivity index (χ1) is 19.8. The molecule has 1 aliphatic rings. The van der Waals surface area contributed by atoms with Gasteiger partial charge in [-0.05, 0) is 50.2 Å². The van der Waals surface area contributed by atoms with E-state index in [1.54, 1.807) is 31.2 Å². The van der Waals surface area contributed by atoms with Gasteiger partial charge in [0.2, 0.25) is 12.3 Å². The average molecular weight is 570 g/mol. The zero-order chi connectivity index (χ0) is 30.2. The number of hydrazine groups is 1. The number of nitrogens with zero attached hydrogens (tertiary/aromatic N) is 4. The molecule has 1 saturated heterocycles. The van der Waals surface area contributed by atoms with Gasteiger partial charge in [0.15, 0.2) is 11.5 Å². The summed E-state index contributed by atoms with van der Waals surface area (Å²) in [6.45, 7) is 4.20. The molecule has 1 aliphatic heterocycles. The first-order valence-electron chi connectivity index (χ1n) is 14.1. The Hall–Kier alpha value is -3.47. The number of aldehydes is 1. The van der Waals surface area contributed by atoms with Crippen LogP contribution >= 0.6 is 0 Å². The highest BCUT2D eigenvalue weighted by molar-refractivity contribution is 5.83. The predicted molar refractivity (Wildman–Crippen MR) is 160 cm³/mol. The summed E-state index contributed by atoms with van der Waals surface area (Å²) in [6.07, 6.45) is 4.13. The molecule has 2 atom stereocenters. The van der Waals surface area contributed by atoms with Crippen LogP contribution < -0.4 is 14.8 Å². The molecule has 1 N–H and O–H groups in total.